The Bertz CT molecular complexity index is 1760. The van der Waals surface area contributed by atoms with E-state index in [4.69, 9.17) is 4.98 Å². The zero-order valence-electron chi connectivity index (χ0n) is 26.2. The molecule has 3 aliphatic heterocycles. The van der Waals surface area contributed by atoms with E-state index in [0.717, 1.165) is 43.4 Å². The number of nitrogens with zero attached hydrogens (tertiary/aromatic N) is 4. The quantitative estimate of drug-likeness (QED) is 0.254. The SMILES string of the molecule is Cc1nc2ccccc2n1[C@H]1C[C@H]2CC[C@@H](C1)N2CCC1(c2ccccc2)CCN(C(=O)c2ccc(NS(C)(=O)=O)cc2)CC1. The molecule has 0 radical (unpaired) electrons. The summed E-state index contributed by atoms with van der Waals surface area (Å²) < 4.78 is 28.1. The lowest BCUT2D eigenvalue weighted by atomic mass is 9.70. The summed E-state index contributed by atoms with van der Waals surface area (Å²) >= 11 is 0. The number of nitrogens with one attached hydrogen (secondary N) is 1. The van der Waals surface area contributed by atoms with Crippen LogP contribution in [-0.4, -0.2) is 71.6 Å². The van der Waals surface area contributed by atoms with Gasteiger partial charge >= 0.3 is 0 Å². The monoisotopic (exact) mass is 625 g/mol. The maximum atomic E-state index is 13.4. The van der Waals surface area contributed by atoms with Crippen molar-refractivity contribution in [1.29, 1.82) is 0 Å². The summed E-state index contributed by atoms with van der Waals surface area (Å²) in [7, 11) is -3.36. The van der Waals surface area contributed by atoms with Crippen LogP contribution in [0.4, 0.5) is 5.69 Å². The van der Waals surface area contributed by atoms with Crippen molar-refractivity contribution in [3.63, 3.8) is 0 Å². The number of aromatic nitrogens is 2. The smallest absolute Gasteiger partial charge is 0.253 e. The highest BCUT2D eigenvalue weighted by Crippen LogP contribution is 2.45. The summed E-state index contributed by atoms with van der Waals surface area (Å²) in [5.41, 5.74) is 4.83. The van der Waals surface area contributed by atoms with E-state index in [0.29, 0.717) is 42.5 Å². The fourth-order valence-electron chi connectivity index (χ4n) is 8.48. The van der Waals surface area contributed by atoms with E-state index >= 15 is 0 Å². The van der Waals surface area contributed by atoms with Gasteiger partial charge in [-0.1, -0.05) is 42.5 Å². The molecule has 3 fully saturated rings. The highest BCUT2D eigenvalue weighted by molar-refractivity contribution is 7.92. The molecule has 1 N–H and O–H groups in total. The Morgan fingerprint density at radius 3 is 2.20 bits per heavy atom. The predicted molar refractivity (Wildman–Crippen MR) is 179 cm³/mol. The van der Waals surface area contributed by atoms with Crippen molar-refractivity contribution < 1.29 is 13.2 Å². The van der Waals surface area contributed by atoms with Crippen LogP contribution in [0.15, 0.2) is 78.9 Å². The average Bonchev–Trinajstić information content (AvgIpc) is 3.50. The molecule has 4 heterocycles. The molecule has 0 saturated carbocycles. The topological polar surface area (TPSA) is 87.5 Å². The molecule has 8 nitrogen and oxygen atoms in total. The van der Waals surface area contributed by atoms with Crippen LogP contribution in [0.3, 0.4) is 0 Å². The maximum absolute atomic E-state index is 13.4. The van der Waals surface area contributed by atoms with Crippen LogP contribution in [0.1, 0.15) is 72.7 Å². The van der Waals surface area contributed by atoms with Gasteiger partial charge in [-0.3, -0.25) is 14.4 Å². The zero-order valence-corrected chi connectivity index (χ0v) is 27.0. The highest BCUT2D eigenvalue weighted by Gasteiger charge is 2.44. The van der Waals surface area contributed by atoms with Crippen molar-refractivity contribution in [1.82, 2.24) is 19.4 Å². The number of imidazole rings is 1. The molecule has 2 bridgehead atoms. The summed E-state index contributed by atoms with van der Waals surface area (Å²) in [6, 6.07) is 27.9. The third-order valence-corrected chi connectivity index (χ3v) is 11.3. The van der Waals surface area contributed by atoms with E-state index in [-0.39, 0.29) is 11.3 Å². The largest absolute Gasteiger partial charge is 0.339 e. The fourth-order valence-corrected chi connectivity index (χ4v) is 9.04. The molecule has 3 atom stereocenters. The van der Waals surface area contributed by atoms with E-state index in [1.165, 1.54) is 36.8 Å². The standard InChI is InChI=1S/C36H43N5O3S/c1-26-37-33-10-6-7-11-34(33)41(26)32-24-30-16-17-31(25-32)40(30)23-20-36(28-8-4-3-5-9-28)18-21-39(22-19-36)35(42)27-12-14-29(15-13-27)38-45(2,43)44/h3-15,30-32,38H,16-25H2,1-2H3/t30-,31+,32+. The van der Waals surface area contributed by atoms with Gasteiger partial charge in [0.1, 0.15) is 5.82 Å². The molecule has 3 saturated heterocycles. The molecule has 45 heavy (non-hydrogen) atoms. The van der Waals surface area contributed by atoms with Crippen molar-refractivity contribution in [2.24, 2.45) is 0 Å². The minimum atomic E-state index is -3.36. The van der Waals surface area contributed by atoms with Crippen molar-refractivity contribution >= 4 is 32.7 Å². The van der Waals surface area contributed by atoms with Gasteiger partial charge < -0.3 is 9.47 Å². The number of hydrogen-bond donors (Lipinski definition) is 1. The van der Waals surface area contributed by atoms with Crippen LogP contribution in [0.5, 0.6) is 0 Å². The van der Waals surface area contributed by atoms with Gasteiger partial charge in [0, 0.05) is 42.5 Å². The van der Waals surface area contributed by atoms with Crippen LogP contribution in [-0.2, 0) is 15.4 Å². The number of sulfonamides is 1. The molecule has 4 aromatic rings. The lowest BCUT2D eigenvalue weighted by Gasteiger charge is -2.45. The summed E-state index contributed by atoms with van der Waals surface area (Å²) in [5, 5.41) is 0. The maximum Gasteiger partial charge on any atom is 0.253 e. The summed E-state index contributed by atoms with van der Waals surface area (Å²) in [6.45, 7) is 4.65. The first kappa shape index (κ1) is 30.0. The Hall–Kier alpha value is -3.69. The molecule has 0 aliphatic carbocycles. The van der Waals surface area contributed by atoms with Gasteiger partial charge in [-0.05, 0) is 106 Å². The second kappa shape index (κ2) is 11.9. The second-order valence-corrected chi connectivity index (χ2v) is 15.2. The Balaban J connectivity index is 1.03. The number of carbonyl (C=O) groups excluding carboxylic acids is 1. The van der Waals surface area contributed by atoms with Gasteiger partial charge in [-0.15, -0.1) is 0 Å². The van der Waals surface area contributed by atoms with Gasteiger partial charge in [0.2, 0.25) is 10.0 Å². The van der Waals surface area contributed by atoms with Crippen molar-refractivity contribution in [2.45, 2.75) is 75.4 Å². The molecular weight excluding hydrogens is 582 g/mol. The van der Waals surface area contributed by atoms with E-state index in [9.17, 15) is 13.2 Å². The number of likely N-dealkylation sites (tertiary alicyclic amines) is 1. The molecule has 3 aromatic carbocycles. The number of anilines is 1. The number of fused-ring (bicyclic) bond motifs is 3. The minimum Gasteiger partial charge on any atom is -0.339 e. The van der Waals surface area contributed by atoms with Gasteiger partial charge in [-0.2, -0.15) is 0 Å². The first-order chi connectivity index (χ1) is 21.7. The summed E-state index contributed by atoms with van der Waals surface area (Å²) in [6.07, 6.45) is 8.97. The first-order valence-electron chi connectivity index (χ1n) is 16.3. The lowest BCUT2D eigenvalue weighted by Crippen LogP contribution is -2.49. The summed E-state index contributed by atoms with van der Waals surface area (Å²) in [4.78, 5) is 23.1. The number of amides is 1. The number of aryl methyl sites for hydroxylation is 1. The van der Waals surface area contributed by atoms with E-state index in [1.807, 2.05) is 4.90 Å². The lowest BCUT2D eigenvalue weighted by molar-refractivity contribution is 0.0607. The van der Waals surface area contributed by atoms with Crippen molar-refractivity contribution in [3.8, 4) is 0 Å². The molecule has 1 aromatic heterocycles. The molecule has 3 aliphatic rings. The number of carbonyl (C=O) groups is 1. The minimum absolute atomic E-state index is 0.00463. The van der Waals surface area contributed by atoms with E-state index in [1.54, 1.807) is 24.3 Å². The summed E-state index contributed by atoms with van der Waals surface area (Å²) in [5.74, 6) is 1.13. The normalized spacial score (nSPS) is 23.3. The Labute approximate surface area is 266 Å². The predicted octanol–water partition coefficient (Wildman–Crippen LogP) is 6.15. The van der Waals surface area contributed by atoms with Crippen LogP contribution >= 0.6 is 0 Å². The molecule has 9 heteroatoms. The van der Waals surface area contributed by atoms with Crippen LogP contribution < -0.4 is 4.72 Å². The number of hydrogen-bond acceptors (Lipinski definition) is 5. The van der Waals surface area contributed by atoms with Crippen LogP contribution in [0, 0.1) is 6.92 Å². The molecule has 0 unspecified atom stereocenters. The Morgan fingerprint density at radius 2 is 1.53 bits per heavy atom. The van der Waals surface area contributed by atoms with Gasteiger partial charge in [0.25, 0.3) is 5.91 Å². The first-order valence-corrected chi connectivity index (χ1v) is 18.2. The fraction of sp³-hybridized carbons (Fsp3) is 0.444. The van der Waals surface area contributed by atoms with Crippen molar-refractivity contribution in [3.05, 3.63) is 95.8 Å². The van der Waals surface area contributed by atoms with Crippen molar-refractivity contribution in [2.75, 3.05) is 30.6 Å². The highest BCUT2D eigenvalue weighted by atomic mass is 32.2. The Kier molecular flexibility index (Phi) is 7.94. The number of para-hydroxylation sites is 2. The van der Waals surface area contributed by atoms with Gasteiger partial charge in [0.05, 0.1) is 17.3 Å². The Morgan fingerprint density at radius 1 is 0.889 bits per heavy atom. The number of benzene rings is 3. The number of piperidine rings is 2. The van der Waals surface area contributed by atoms with Gasteiger partial charge in [-0.25, -0.2) is 13.4 Å². The van der Waals surface area contributed by atoms with Crippen LogP contribution in [0.2, 0.25) is 0 Å². The molecular formula is C36H43N5O3S. The number of rotatable bonds is 8. The van der Waals surface area contributed by atoms with Crippen LogP contribution in [0.25, 0.3) is 11.0 Å². The second-order valence-electron chi connectivity index (χ2n) is 13.4. The zero-order chi connectivity index (χ0) is 31.2. The van der Waals surface area contributed by atoms with E-state index < -0.39 is 10.0 Å². The van der Waals surface area contributed by atoms with E-state index in [2.05, 4.69) is 75.7 Å². The molecule has 1 amide bonds. The van der Waals surface area contributed by atoms with Gasteiger partial charge in [0.15, 0.2) is 0 Å². The molecule has 236 valence electrons. The molecule has 0 spiro atoms. The third-order valence-electron chi connectivity index (χ3n) is 10.7. The molecule has 7 rings (SSSR count). The average molecular weight is 626 g/mol. The third kappa shape index (κ3) is 6.00.